The van der Waals surface area contributed by atoms with Gasteiger partial charge < -0.3 is 0 Å². The quantitative estimate of drug-likeness (QED) is 0.282. The van der Waals surface area contributed by atoms with Crippen LogP contribution in [-0.4, -0.2) is 11.4 Å². The molecule has 1 rings (SSSR count). The Morgan fingerprint density at radius 3 is 2.93 bits per heavy atom. The predicted octanol–water partition coefficient (Wildman–Crippen LogP) is 2.85. The third-order valence-corrected chi connectivity index (χ3v) is 2.93. The monoisotopic (exact) mass is 335 g/mol. The van der Waals surface area contributed by atoms with Crippen LogP contribution < -0.4 is 5.32 Å². The van der Waals surface area contributed by atoms with Crippen molar-refractivity contribution >= 4 is 45.2 Å². The molecule has 0 saturated heterocycles. The minimum absolute atomic E-state index is 0.294. The molecule has 3 nitrogen and oxygen atoms in total. The number of amidine groups is 1. The maximum Gasteiger partial charge on any atom is 0.183 e. The van der Waals surface area contributed by atoms with Crippen molar-refractivity contribution in [3.8, 4) is 6.19 Å². The molecule has 0 unspecified atom stereocenters. The van der Waals surface area contributed by atoms with Crippen LogP contribution in [0.2, 0.25) is 0 Å². The van der Waals surface area contributed by atoms with Gasteiger partial charge in [0.05, 0.1) is 5.69 Å². The van der Waals surface area contributed by atoms with Gasteiger partial charge in [-0.25, -0.2) is 9.38 Å². The second kappa shape index (κ2) is 5.92. The molecular weight excluding hydrogens is 328 g/mol. The molecule has 0 fully saturated rings. The molecule has 0 radical (unpaired) electrons. The van der Waals surface area contributed by atoms with Crippen LogP contribution in [0.5, 0.6) is 0 Å². The van der Waals surface area contributed by atoms with E-state index in [1.54, 1.807) is 18.5 Å². The Kier molecular flexibility index (Phi) is 4.84. The lowest BCUT2D eigenvalue weighted by molar-refractivity contribution is 0.627. The molecule has 0 aliphatic heterocycles. The van der Waals surface area contributed by atoms with Crippen molar-refractivity contribution in [2.75, 3.05) is 6.26 Å². The van der Waals surface area contributed by atoms with Gasteiger partial charge in [-0.1, -0.05) is 11.8 Å². The average Bonchev–Trinajstić information content (AvgIpc) is 2.21. The van der Waals surface area contributed by atoms with Crippen molar-refractivity contribution < 1.29 is 4.39 Å². The van der Waals surface area contributed by atoms with E-state index in [2.05, 4.69) is 10.3 Å². The normalized spacial score (nSPS) is 10.9. The first-order valence-electron chi connectivity index (χ1n) is 3.90. The molecule has 0 saturated carbocycles. The molecule has 0 heterocycles. The first kappa shape index (κ1) is 12.3. The Bertz CT molecular complexity index is 428. The second-order valence-electron chi connectivity index (χ2n) is 2.45. The molecule has 0 aliphatic carbocycles. The number of halogens is 2. The SMILES string of the molecule is CSC(=Nc1ccc(F)cc1I)NC#N. The lowest BCUT2D eigenvalue weighted by Gasteiger charge is -2.01. The Balaban J connectivity index is 3.01. The van der Waals surface area contributed by atoms with E-state index < -0.39 is 0 Å². The van der Waals surface area contributed by atoms with E-state index in [0.717, 1.165) is 0 Å². The van der Waals surface area contributed by atoms with E-state index in [0.29, 0.717) is 14.4 Å². The Labute approximate surface area is 105 Å². The van der Waals surface area contributed by atoms with Crippen LogP contribution in [0.1, 0.15) is 0 Å². The largest absolute Gasteiger partial charge is 0.271 e. The summed E-state index contributed by atoms with van der Waals surface area (Å²) < 4.78 is 13.5. The molecule has 0 bridgehead atoms. The molecule has 1 aromatic carbocycles. The molecule has 0 amide bonds. The van der Waals surface area contributed by atoms with Gasteiger partial charge in [0.1, 0.15) is 5.82 Å². The second-order valence-corrected chi connectivity index (χ2v) is 4.41. The zero-order chi connectivity index (χ0) is 11.3. The van der Waals surface area contributed by atoms with E-state index in [1.165, 1.54) is 23.9 Å². The van der Waals surface area contributed by atoms with Crippen molar-refractivity contribution in [2.24, 2.45) is 4.99 Å². The number of rotatable bonds is 1. The zero-order valence-electron chi connectivity index (χ0n) is 7.79. The topological polar surface area (TPSA) is 48.2 Å². The number of aliphatic imine (C=N–C) groups is 1. The molecule has 0 aromatic heterocycles. The van der Waals surface area contributed by atoms with Crippen LogP contribution in [0.4, 0.5) is 10.1 Å². The third kappa shape index (κ3) is 3.68. The van der Waals surface area contributed by atoms with Gasteiger partial charge in [-0.2, -0.15) is 5.26 Å². The lowest BCUT2D eigenvalue weighted by atomic mass is 10.3. The molecule has 6 heteroatoms. The highest BCUT2D eigenvalue weighted by atomic mass is 127. The summed E-state index contributed by atoms with van der Waals surface area (Å²) in [6, 6.07) is 4.31. The zero-order valence-corrected chi connectivity index (χ0v) is 10.8. The highest BCUT2D eigenvalue weighted by molar-refractivity contribution is 14.1. The van der Waals surface area contributed by atoms with Gasteiger partial charge in [0.2, 0.25) is 0 Å². The molecule has 78 valence electrons. The summed E-state index contributed by atoms with van der Waals surface area (Å²) >= 11 is 3.32. The predicted molar refractivity (Wildman–Crippen MR) is 68.5 cm³/mol. The number of nitrogens with zero attached hydrogens (tertiary/aromatic N) is 2. The van der Waals surface area contributed by atoms with Gasteiger partial charge in [0, 0.05) is 3.57 Å². The van der Waals surface area contributed by atoms with Crippen molar-refractivity contribution in [1.29, 1.82) is 5.26 Å². The van der Waals surface area contributed by atoms with Crippen LogP contribution >= 0.6 is 34.4 Å². The maximum atomic E-state index is 12.8. The van der Waals surface area contributed by atoms with E-state index in [9.17, 15) is 4.39 Å². The highest BCUT2D eigenvalue weighted by Crippen LogP contribution is 2.22. The van der Waals surface area contributed by atoms with Crippen molar-refractivity contribution in [1.82, 2.24) is 5.32 Å². The van der Waals surface area contributed by atoms with Gasteiger partial charge in [0.15, 0.2) is 11.4 Å². The van der Waals surface area contributed by atoms with Crippen molar-refractivity contribution in [3.05, 3.63) is 27.6 Å². The molecular formula is C9H7FIN3S. The summed E-state index contributed by atoms with van der Waals surface area (Å²) in [5, 5.41) is 11.4. The number of benzene rings is 1. The Morgan fingerprint density at radius 2 is 2.40 bits per heavy atom. The van der Waals surface area contributed by atoms with Gasteiger partial charge in [-0.05, 0) is 47.0 Å². The van der Waals surface area contributed by atoms with Crippen LogP contribution in [0.25, 0.3) is 0 Å². The Hall–Kier alpha value is -0.810. The van der Waals surface area contributed by atoms with E-state index in [1.807, 2.05) is 22.6 Å². The molecule has 1 aromatic rings. The number of hydrogen-bond donors (Lipinski definition) is 1. The van der Waals surface area contributed by atoms with Crippen molar-refractivity contribution in [2.45, 2.75) is 0 Å². The first-order valence-corrected chi connectivity index (χ1v) is 6.20. The Morgan fingerprint density at radius 1 is 1.67 bits per heavy atom. The van der Waals surface area contributed by atoms with Crippen LogP contribution in [0.3, 0.4) is 0 Å². The van der Waals surface area contributed by atoms with Crippen molar-refractivity contribution in [3.63, 3.8) is 0 Å². The van der Waals surface area contributed by atoms with Gasteiger partial charge in [-0.3, -0.25) is 5.32 Å². The summed E-state index contributed by atoms with van der Waals surface area (Å²) in [7, 11) is 0. The molecule has 0 atom stereocenters. The summed E-state index contributed by atoms with van der Waals surface area (Å²) in [6.07, 6.45) is 3.60. The number of nitriles is 1. The fraction of sp³-hybridized carbons (Fsp3) is 0.111. The number of nitrogens with one attached hydrogen (secondary N) is 1. The molecule has 0 spiro atoms. The van der Waals surface area contributed by atoms with Crippen LogP contribution in [0, 0.1) is 20.8 Å². The first-order chi connectivity index (χ1) is 7.17. The fourth-order valence-corrected chi connectivity index (χ4v) is 1.79. The molecule has 0 aliphatic rings. The van der Waals surface area contributed by atoms with E-state index >= 15 is 0 Å². The standard InChI is InChI=1S/C9H7FIN3S/c1-15-9(13-5-12)14-8-3-2-6(10)4-7(8)11/h2-4H,1H3,(H,13,14). The fourth-order valence-electron chi connectivity index (χ4n) is 0.854. The number of thioether (sulfide) groups is 1. The summed E-state index contributed by atoms with van der Waals surface area (Å²) in [6.45, 7) is 0. The average molecular weight is 335 g/mol. The summed E-state index contributed by atoms with van der Waals surface area (Å²) in [4.78, 5) is 4.18. The third-order valence-electron chi connectivity index (χ3n) is 1.49. The number of hydrogen-bond acceptors (Lipinski definition) is 3. The van der Waals surface area contributed by atoms with Crippen LogP contribution in [0.15, 0.2) is 23.2 Å². The molecule has 15 heavy (non-hydrogen) atoms. The van der Waals surface area contributed by atoms with Gasteiger partial charge in [0.25, 0.3) is 0 Å². The maximum absolute atomic E-state index is 12.8. The van der Waals surface area contributed by atoms with E-state index in [4.69, 9.17) is 5.26 Å². The van der Waals surface area contributed by atoms with Crippen LogP contribution in [-0.2, 0) is 0 Å². The van der Waals surface area contributed by atoms with E-state index in [-0.39, 0.29) is 5.82 Å². The van der Waals surface area contributed by atoms with Gasteiger partial charge in [-0.15, -0.1) is 0 Å². The minimum Gasteiger partial charge on any atom is -0.271 e. The smallest absolute Gasteiger partial charge is 0.183 e. The summed E-state index contributed by atoms with van der Waals surface area (Å²) in [5.41, 5.74) is 0.643. The molecule has 1 N–H and O–H groups in total. The minimum atomic E-state index is -0.294. The lowest BCUT2D eigenvalue weighted by Crippen LogP contribution is -2.12. The van der Waals surface area contributed by atoms with Gasteiger partial charge >= 0.3 is 0 Å². The highest BCUT2D eigenvalue weighted by Gasteiger charge is 2.02. The summed E-state index contributed by atoms with van der Waals surface area (Å²) in [5.74, 6) is -0.294.